The van der Waals surface area contributed by atoms with Crippen LogP contribution in [0, 0.1) is 0 Å². The fraction of sp³-hybridized carbons (Fsp3) is 0.0625. The molecule has 0 atom stereocenters. The van der Waals surface area contributed by atoms with Crippen molar-refractivity contribution in [1.82, 2.24) is 10.1 Å². The number of methoxy groups -OCH3 is 1. The zero-order valence-electron chi connectivity index (χ0n) is 11.3. The first kappa shape index (κ1) is 13.1. The maximum absolute atomic E-state index is 11.5. The number of benzene rings is 2. The first-order valence-corrected chi connectivity index (χ1v) is 6.36. The fourth-order valence-electron chi connectivity index (χ4n) is 1.94. The molecule has 1 aromatic heterocycles. The molecule has 0 aliphatic rings. The first-order chi connectivity index (χ1) is 10.3. The summed E-state index contributed by atoms with van der Waals surface area (Å²) in [7, 11) is 1.34. The van der Waals surface area contributed by atoms with Gasteiger partial charge in [0.05, 0.1) is 12.7 Å². The summed E-state index contributed by atoms with van der Waals surface area (Å²) in [5.74, 6) is 0.466. The molecule has 0 saturated carbocycles. The number of rotatable bonds is 3. The van der Waals surface area contributed by atoms with Crippen LogP contribution in [-0.4, -0.2) is 23.2 Å². The Balaban J connectivity index is 1.95. The third kappa shape index (κ3) is 2.67. The molecule has 0 aliphatic carbocycles. The van der Waals surface area contributed by atoms with Gasteiger partial charge in [0.25, 0.3) is 5.89 Å². The van der Waals surface area contributed by atoms with Gasteiger partial charge in [-0.15, -0.1) is 0 Å². The summed E-state index contributed by atoms with van der Waals surface area (Å²) in [6.07, 6.45) is 0. The number of hydrogen-bond acceptors (Lipinski definition) is 5. The molecule has 0 saturated heterocycles. The van der Waals surface area contributed by atoms with E-state index in [1.165, 1.54) is 7.11 Å². The van der Waals surface area contributed by atoms with E-state index in [9.17, 15) is 4.79 Å². The van der Waals surface area contributed by atoms with Gasteiger partial charge >= 0.3 is 5.97 Å². The quantitative estimate of drug-likeness (QED) is 0.689. The monoisotopic (exact) mass is 280 g/mol. The van der Waals surface area contributed by atoms with E-state index < -0.39 is 5.97 Å². The average molecular weight is 280 g/mol. The largest absolute Gasteiger partial charge is 0.465 e. The zero-order chi connectivity index (χ0) is 14.7. The van der Waals surface area contributed by atoms with E-state index in [1.807, 2.05) is 30.3 Å². The second-order valence-electron chi connectivity index (χ2n) is 4.36. The van der Waals surface area contributed by atoms with Gasteiger partial charge in [-0.1, -0.05) is 41.6 Å². The van der Waals surface area contributed by atoms with Crippen molar-refractivity contribution in [2.45, 2.75) is 0 Å². The minimum Gasteiger partial charge on any atom is -0.465 e. The van der Waals surface area contributed by atoms with Gasteiger partial charge in [0, 0.05) is 11.1 Å². The van der Waals surface area contributed by atoms with Gasteiger partial charge in [0.2, 0.25) is 5.82 Å². The molecule has 0 radical (unpaired) electrons. The second kappa shape index (κ2) is 5.58. The molecule has 0 unspecified atom stereocenters. The van der Waals surface area contributed by atoms with Crippen molar-refractivity contribution >= 4 is 5.97 Å². The van der Waals surface area contributed by atoms with Crippen LogP contribution in [0.15, 0.2) is 59.1 Å². The molecule has 0 bridgehead atoms. The molecule has 0 aliphatic heterocycles. The van der Waals surface area contributed by atoms with E-state index in [-0.39, 0.29) is 0 Å². The average Bonchev–Trinajstić information content (AvgIpc) is 3.05. The summed E-state index contributed by atoms with van der Waals surface area (Å²) in [5.41, 5.74) is 1.98. The summed E-state index contributed by atoms with van der Waals surface area (Å²) in [6, 6.07) is 16.4. The smallest absolute Gasteiger partial charge is 0.337 e. The van der Waals surface area contributed by atoms with Crippen molar-refractivity contribution < 1.29 is 14.1 Å². The van der Waals surface area contributed by atoms with Crippen LogP contribution in [0.2, 0.25) is 0 Å². The molecule has 0 fully saturated rings. The topological polar surface area (TPSA) is 65.2 Å². The van der Waals surface area contributed by atoms with Crippen LogP contribution in [0.25, 0.3) is 22.8 Å². The summed E-state index contributed by atoms with van der Waals surface area (Å²) in [4.78, 5) is 15.9. The summed E-state index contributed by atoms with van der Waals surface area (Å²) >= 11 is 0. The Morgan fingerprint density at radius 1 is 1.05 bits per heavy atom. The maximum atomic E-state index is 11.5. The highest BCUT2D eigenvalue weighted by Crippen LogP contribution is 2.22. The molecule has 2 aromatic carbocycles. The van der Waals surface area contributed by atoms with Crippen molar-refractivity contribution in [2.75, 3.05) is 7.11 Å². The third-order valence-corrected chi connectivity index (χ3v) is 2.99. The van der Waals surface area contributed by atoms with Gasteiger partial charge in [-0.3, -0.25) is 0 Å². The van der Waals surface area contributed by atoms with Gasteiger partial charge < -0.3 is 9.26 Å². The number of nitrogens with zero attached hydrogens (tertiary/aromatic N) is 2. The van der Waals surface area contributed by atoms with Crippen molar-refractivity contribution in [2.24, 2.45) is 0 Å². The van der Waals surface area contributed by atoms with Crippen LogP contribution in [-0.2, 0) is 4.74 Å². The molecule has 104 valence electrons. The van der Waals surface area contributed by atoms with Crippen LogP contribution >= 0.6 is 0 Å². The van der Waals surface area contributed by atoms with Crippen LogP contribution in [0.1, 0.15) is 10.4 Å². The first-order valence-electron chi connectivity index (χ1n) is 6.36. The lowest BCUT2D eigenvalue weighted by Crippen LogP contribution is -2.00. The van der Waals surface area contributed by atoms with Crippen LogP contribution in [0.3, 0.4) is 0 Å². The van der Waals surface area contributed by atoms with Crippen LogP contribution < -0.4 is 0 Å². The Hall–Kier alpha value is -2.95. The predicted molar refractivity (Wildman–Crippen MR) is 76.5 cm³/mol. The summed E-state index contributed by atoms with van der Waals surface area (Å²) in [5, 5.41) is 3.96. The molecular formula is C16H12N2O3. The molecule has 3 rings (SSSR count). The van der Waals surface area contributed by atoms with Crippen molar-refractivity contribution in [3.8, 4) is 22.8 Å². The van der Waals surface area contributed by atoms with Crippen molar-refractivity contribution in [1.29, 1.82) is 0 Å². The summed E-state index contributed by atoms with van der Waals surface area (Å²) in [6.45, 7) is 0. The van der Waals surface area contributed by atoms with Gasteiger partial charge in [0.15, 0.2) is 0 Å². The number of carbonyl (C=O) groups excluding carboxylic acids is 1. The molecule has 5 nitrogen and oxygen atoms in total. The lowest BCUT2D eigenvalue weighted by Gasteiger charge is -2.00. The predicted octanol–water partition coefficient (Wildman–Crippen LogP) is 3.19. The van der Waals surface area contributed by atoms with E-state index in [4.69, 9.17) is 9.26 Å². The van der Waals surface area contributed by atoms with E-state index in [2.05, 4.69) is 10.1 Å². The highest BCUT2D eigenvalue weighted by Gasteiger charge is 2.12. The molecule has 21 heavy (non-hydrogen) atoms. The van der Waals surface area contributed by atoms with Gasteiger partial charge in [0.1, 0.15) is 0 Å². The Labute approximate surface area is 121 Å². The van der Waals surface area contributed by atoms with Crippen LogP contribution in [0.5, 0.6) is 0 Å². The third-order valence-electron chi connectivity index (χ3n) is 2.99. The minimum atomic E-state index is -0.403. The van der Waals surface area contributed by atoms with Crippen molar-refractivity contribution in [3.05, 3.63) is 60.2 Å². The van der Waals surface area contributed by atoms with Crippen LogP contribution in [0.4, 0.5) is 0 Å². The maximum Gasteiger partial charge on any atom is 0.337 e. The molecule has 3 aromatic rings. The van der Waals surface area contributed by atoms with E-state index in [0.717, 1.165) is 5.56 Å². The number of hydrogen-bond donors (Lipinski definition) is 0. The van der Waals surface area contributed by atoms with E-state index in [0.29, 0.717) is 22.8 Å². The standard InChI is InChI=1S/C16H12N2O3/c1-20-16(19)13-9-5-8-12(10-13)15-17-14(18-21-15)11-6-3-2-4-7-11/h2-10H,1H3. The van der Waals surface area contributed by atoms with Crippen molar-refractivity contribution in [3.63, 3.8) is 0 Å². The Bertz CT molecular complexity index is 766. The fourth-order valence-corrected chi connectivity index (χ4v) is 1.94. The molecule has 0 N–H and O–H groups in total. The second-order valence-corrected chi connectivity index (χ2v) is 4.36. The lowest BCUT2D eigenvalue weighted by atomic mass is 10.1. The molecule has 0 amide bonds. The number of ether oxygens (including phenoxy) is 1. The Morgan fingerprint density at radius 3 is 2.57 bits per heavy atom. The van der Waals surface area contributed by atoms with Gasteiger partial charge in [-0.2, -0.15) is 4.98 Å². The lowest BCUT2D eigenvalue weighted by molar-refractivity contribution is 0.0601. The van der Waals surface area contributed by atoms with Gasteiger partial charge in [-0.05, 0) is 18.2 Å². The normalized spacial score (nSPS) is 10.3. The zero-order valence-corrected chi connectivity index (χ0v) is 11.3. The van der Waals surface area contributed by atoms with Gasteiger partial charge in [-0.25, -0.2) is 4.79 Å². The highest BCUT2D eigenvalue weighted by molar-refractivity contribution is 5.90. The Kier molecular flexibility index (Phi) is 3.47. The Morgan fingerprint density at radius 2 is 1.81 bits per heavy atom. The highest BCUT2D eigenvalue weighted by atomic mass is 16.5. The molecule has 5 heteroatoms. The minimum absolute atomic E-state index is 0.361. The number of aromatic nitrogens is 2. The number of esters is 1. The summed E-state index contributed by atoms with van der Waals surface area (Å²) < 4.78 is 9.96. The molecule has 1 heterocycles. The molecule has 0 spiro atoms. The number of carbonyl (C=O) groups is 1. The van der Waals surface area contributed by atoms with E-state index >= 15 is 0 Å². The van der Waals surface area contributed by atoms with E-state index in [1.54, 1.807) is 24.3 Å². The SMILES string of the molecule is COC(=O)c1cccc(-c2nc(-c3ccccc3)no2)c1. The molecular weight excluding hydrogens is 268 g/mol.